The van der Waals surface area contributed by atoms with Gasteiger partial charge in [0.05, 0.1) is 6.04 Å². The minimum atomic E-state index is -1.55. The van der Waals surface area contributed by atoms with Gasteiger partial charge >= 0.3 is 0 Å². The minimum Gasteiger partial charge on any atom is -0.348 e. The Morgan fingerprint density at radius 1 is 1.00 bits per heavy atom. The van der Waals surface area contributed by atoms with Crippen molar-refractivity contribution in [2.75, 3.05) is 16.8 Å². The third-order valence-corrected chi connectivity index (χ3v) is 6.20. The molecule has 2 aromatic carbocycles. The van der Waals surface area contributed by atoms with Crippen LogP contribution in [0, 0.1) is 13.8 Å². The van der Waals surface area contributed by atoms with Crippen LogP contribution in [0.1, 0.15) is 41.1 Å². The minimum absolute atomic E-state index is 0.0436. The Kier molecular flexibility index (Phi) is 6.62. The lowest BCUT2D eigenvalue weighted by Crippen LogP contribution is -2.35. The maximum Gasteiger partial charge on any atom is 0.237 e. The number of anilines is 1. The van der Waals surface area contributed by atoms with Crippen molar-refractivity contribution in [3.8, 4) is 0 Å². The van der Waals surface area contributed by atoms with Crippen molar-refractivity contribution in [3.05, 3.63) is 64.7 Å². The van der Waals surface area contributed by atoms with Crippen molar-refractivity contribution in [2.24, 2.45) is 0 Å². The average molecular weight is 399 g/mol. The van der Waals surface area contributed by atoms with Crippen LogP contribution in [0.3, 0.4) is 0 Å². The Morgan fingerprint density at radius 2 is 1.68 bits per heavy atom. The van der Waals surface area contributed by atoms with Crippen molar-refractivity contribution in [1.82, 2.24) is 5.32 Å². The van der Waals surface area contributed by atoms with Crippen molar-refractivity contribution in [3.63, 3.8) is 0 Å². The Balaban J connectivity index is 1.52. The van der Waals surface area contributed by atoms with E-state index < -0.39 is 10.8 Å². The van der Waals surface area contributed by atoms with E-state index in [0.717, 1.165) is 41.6 Å². The molecule has 6 heteroatoms. The van der Waals surface area contributed by atoms with Crippen LogP contribution in [0.5, 0.6) is 0 Å². The predicted octanol–water partition coefficient (Wildman–Crippen LogP) is 3.18. The molecule has 0 spiro atoms. The average Bonchev–Trinajstić information content (AvgIpc) is 2.65. The monoisotopic (exact) mass is 398 g/mol. The van der Waals surface area contributed by atoms with E-state index in [1.165, 1.54) is 5.56 Å². The first kappa shape index (κ1) is 20.3. The highest BCUT2D eigenvalue weighted by Gasteiger charge is 2.22. The van der Waals surface area contributed by atoms with Gasteiger partial charge in [0.25, 0.3) is 0 Å². The van der Waals surface area contributed by atoms with Crippen LogP contribution >= 0.6 is 0 Å². The van der Waals surface area contributed by atoms with E-state index in [-0.39, 0.29) is 29.4 Å². The predicted molar refractivity (Wildman–Crippen MR) is 113 cm³/mol. The van der Waals surface area contributed by atoms with E-state index in [1.54, 1.807) is 0 Å². The SMILES string of the molecule is Cc1cccc(C)c1NC(=O)C[S@](=O)CC(=O)N[C@H]1CCCc2ccccc21. The Labute approximate surface area is 168 Å². The zero-order valence-electron chi connectivity index (χ0n) is 16.3. The molecule has 1 aliphatic carbocycles. The second-order valence-corrected chi connectivity index (χ2v) is 8.71. The van der Waals surface area contributed by atoms with E-state index in [0.29, 0.717) is 0 Å². The van der Waals surface area contributed by atoms with Crippen LogP contribution in [-0.4, -0.2) is 27.5 Å². The number of fused-ring (bicyclic) bond motifs is 1. The van der Waals surface area contributed by atoms with Crippen molar-refractivity contribution in [2.45, 2.75) is 39.2 Å². The molecule has 2 aromatic rings. The molecule has 2 amide bonds. The zero-order valence-corrected chi connectivity index (χ0v) is 17.1. The smallest absolute Gasteiger partial charge is 0.237 e. The Morgan fingerprint density at radius 3 is 2.43 bits per heavy atom. The maximum absolute atomic E-state index is 12.3. The van der Waals surface area contributed by atoms with Gasteiger partial charge in [-0.1, -0.05) is 42.5 Å². The quantitative estimate of drug-likeness (QED) is 0.785. The van der Waals surface area contributed by atoms with Gasteiger partial charge in [0.1, 0.15) is 11.5 Å². The number of carbonyl (C=O) groups excluding carboxylic acids is 2. The summed E-state index contributed by atoms with van der Waals surface area (Å²) in [6.45, 7) is 3.82. The summed E-state index contributed by atoms with van der Waals surface area (Å²) in [6, 6.07) is 13.8. The van der Waals surface area contributed by atoms with Gasteiger partial charge in [-0.15, -0.1) is 0 Å². The highest BCUT2D eigenvalue weighted by Crippen LogP contribution is 2.29. The van der Waals surface area contributed by atoms with Gasteiger partial charge in [0, 0.05) is 16.5 Å². The van der Waals surface area contributed by atoms with E-state index in [9.17, 15) is 13.8 Å². The highest BCUT2D eigenvalue weighted by molar-refractivity contribution is 7.86. The first-order valence-corrected chi connectivity index (χ1v) is 11.0. The molecule has 0 heterocycles. The first-order valence-electron chi connectivity index (χ1n) is 9.52. The fraction of sp³-hybridized carbons (Fsp3) is 0.364. The molecule has 1 aliphatic rings. The Hall–Kier alpha value is -2.47. The fourth-order valence-corrected chi connectivity index (χ4v) is 4.51. The maximum atomic E-state index is 12.3. The molecule has 0 radical (unpaired) electrons. The molecule has 28 heavy (non-hydrogen) atoms. The molecule has 0 aromatic heterocycles. The molecule has 2 atom stereocenters. The molecular weight excluding hydrogens is 372 g/mol. The Bertz CT molecular complexity index is 890. The van der Waals surface area contributed by atoms with Gasteiger partial charge in [-0.25, -0.2) is 0 Å². The number of para-hydroxylation sites is 1. The second kappa shape index (κ2) is 9.15. The van der Waals surface area contributed by atoms with Gasteiger partial charge < -0.3 is 10.6 Å². The lowest BCUT2D eigenvalue weighted by Gasteiger charge is -2.26. The number of hydrogen-bond donors (Lipinski definition) is 2. The molecule has 2 N–H and O–H groups in total. The number of amides is 2. The van der Waals surface area contributed by atoms with Crippen LogP contribution in [0.25, 0.3) is 0 Å². The van der Waals surface area contributed by atoms with Gasteiger partial charge in [-0.3, -0.25) is 13.8 Å². The number of benzene rings is 2. The molecule has 3 rings (SSSR count). The molecule has 5 nitrogen and oxygen atoms in total. The summed E-state index contributed by atoms with van der Waals surface area (Å²) in [4.78, 5) is 24.6. The van der Waals surface area contributed by atoms with Crippen LogP contribution in [0.2, 0.25) is 0 Å². The number of rotatable bonds is 6. The van der Waals surface area contributed by atoms with Crippen LogP contribution < -0.4 is 10.6 Å². The lowest BCUT2D eigenvalue weighted by atomic mass is 9.88. The third-order valence-electron chi connectivity index (χ3n) is 5.03. The molecule has 0 saturated carbocycles. The molecule has 148 valence electrons. The molecule has 0 fully saturated rings. The summed E-state index contributed by atoms with van der Waals surface area (Å²) >= 11 is 0. The summed E-state index contributed by atoms with van der Waals surface area (Å²) in [5, 5.41) is 5.80. The summed E-state index contributed by atoms with van der Waals surface area (Å²) in [7, 11) is -1.55. The number of hydrogen-bond acceptors (Lipinski definition) is 3. The van der Waals surface area contributed by atoms with Gasteiger partial charge in [-0.05, 0) is 55.4 Å². The van der Waals surface area contributed by atoms with Crippen LogP contribution in [-0.2, 0) is 26.8 Å². The lowest BCUT2D eigenvalue weighted by molar-refractivity contribution is -0.119. The van der Waals surface area contributed by atoms with E-state index >= 15 is 0 Å². The summed E-state index contributed by atoms with van der Waals surface area (Å²) in [5.74, 6) is -0.979. The van der Waals surface area contributed by atoms with Crippen molar-refractivity contribution in [1.29, 1.82) is 0 Å². The van der Waals surface area contributed by atoms with E-state index in [1.807, 2.05) is 50.2 Å². The van der Waals surface area contributed by atoms with Gasteiger partial charge in [0.15, 0.2) is 0 Å². The molecule has 0 bridgehead atoms. The summed E-state index contributed by atoms with van der Waals surface area (Å²) in [5.41, 5.74) is 5.04. The zero-order chi connectivity index (χ0) is 20.1. The topological polar surface area (TPSA) is 75.3 Å². The summed E-state index contributed by atoms with van der Waals surface area (Å²) in [6.07, 6.45) is 2.92. The normalized spacial score (nSPS) is 16.7. The second-order valence-electron chi connectivity index (χ2n) is 7.25. The third kappa shape index (κ3) is 5.07. The largest absolute Gasteiger partial charge is 0.348 e. The highest BCUT2D eigenvalue weighted by atomic mass is 32.2. The fourth-order valence-electron chi connectivity index (χ4n) is 3.67. The number of aryl methyl sites for hydroxylation is 3. The summed E-state index contributed by atoms with van der Waals surface area (Å²) < 4.78 is 12.3. The molecule has 0 aliphatic heterocycles. The van der Waals surface area contributed by atoms with Crippen LogP contribution in [0.15, 0.2) is 42.5 Å². The number of carbonyl (C=O) groups is 2. The van der Waals surface area contributed by atoms with Crippen molar-refractivity contribution < 1.29 is 13.8 Å². The molecule has 0 unspecified atom stereocenters. The van der Waals surface area contributed by atoms with E-state index in [2.05, 4.69) is 16.7 Å². The standard InChI is InChI=1S/C22H26N2O3S/c1-15-7-5-8-16(2)22(15)24-21(26)14-28(27)13-20(25)23-19-12-6-10-17-9-3-4-11-18(17)19/h3-5,7-9,11,19H,6,10,12-14H2,1-2H3,(H,23,25)(H,24,26)/t19-,28+/m0/s1. The van der Waals surface area contributed by atoms with Gasteiger partial charge in [-0.2, -0.15) is 0 Å². The van der Waals surface area contributed by atoms with E-state index in [4.69, 9.17) is 0 Å². The van der Waals surface area contributed by atoms with Crippen molar-refractivity contribution >= 4 is 28.3 Å². The van der Waals surface area contributed by atoms with Crippen LogP contribution in [0.4, 0.5) is 5.69 Å². The first-order chi connectivity index (χ1) is 13.4. The molecular formula is C22H26N2O3S. The van der Waals surface area contributed by atoms with Gasteiger partial charge in [0.2, 0.25) is 11.8 Å². The molecule has 0 saturated heterocycles. The number of nitrogens with one attached hydrogen (secondary N) is 2.